The minimum Gasteiger partial charge on any atom is -1.00 e. The molecule has 0 N–H and O–H groups in total. The molecular formula is C6H4ClFKNO2. The number of halogens is 2. The van der Waals surface area contributed by atoms with Crippen LogP contribution in [0.5, 0.6) is 0 Å². The molecule has 0 radical (unpaired) electrons. The monoisotopic (exact) mass is 215 g/mol. The number of rotatable bonds is 1. The van der Waals surface area contributed by atoms with E-state index in [1.807, 2.05) is 0 Å². The Kier molecular flexibility index (Phi) is 8.65. The van der Waals surface area contributed by atoms with Gasteiger partial charge in [0.05, 0.1) is 4.92 Å². The van der Waals surface area contributed by atoms with E-state index in [4.69, 9.17) is 11.6 Å². The first-order valence-electron chi connectivity index (χ1n) is 2.61. The van der Waals surface area contributed by atoms with Gasteiger partial charge in [0.25, 0.3) is 5.69 Å². The summed E-state index contributed by atoms with van der Waals surface area (Å²) >= 11 is 5.48. The van der Waals surface area contributed by atoms with Gasteiger partial charge >= 0.3 is 51.4 Å². The number of nitro groups is 1. The molecular weight excluding hydrogens is 212 g/mol. The number of hydrogen-bond donors (Lipinski definition) is 0. The summed E-state index contributed by atoms with van der Waals surface area (Å²) < 4.78 is 0. The van der Waals surface area contributed by atoms with Crippen molar-refractivity contribution in [3.63, 3.8) is 0 Å². The van der Waals surface area contributed by atoms with Crippen molar-refractivity contribution in [2.24, 2.45) is 0 Å². The van der Waals surface area contributed by atoms with Crippen LogP contribution in [0.15, 0.2) is 24.3 Å². The molecule has 0 aromatic heterocycles. The molecule has 1 aromatic carbocycles. The van der Waals surface area contributed by atoms with E-state index in [0.29, 0.717) is 0 Å². The number of benzene rings is 1. The zero-order valence-corrected chi connectivity index (χ0v) is 10.2. The number of nitrogens with zero attached hydrogens (tertiary/aromatic N) is 1. The molecule has 3 nitrogen and oxygen atoms in total. The summed E-state index contributed by atoms with van der Waals surface area (Å²) in [6.45, 7) is 0. The molecule has 1 rings (SSSR count). The van der Waals surface area contributed by atoms with Crippen molar-refractivity contribution >= 4 is 17.3 Å². The van der Waals surface area contributed by atoms with Crippen LogP contribution in [0.1, 0.15) is 0 Å². The van der Waals surface area contributed by atoms with Crippen LogP contribution in [-0.4, -0.2) is 4.92 Å². The van der Waals surface area contributed by atoms with Crippen LogP contribution in [-0.2, 0) is 0 Å². The van der Waals surface area contributed by atoms with Crippen LogP contribution in [0.4, 0.5) is 5.69 Å². The second-order valence-corrected chi connectivity index (χ2v) is 2.12. The number of nitro benzene ring substituents is 1. The van der Waals surface area contributed by atoms with Crippen molar-refractivity contribution in [3.05, 3.63) is 39.4 Å². The summed E-state index contributed by atoms with van der Waals surface area (Å²) in [5.74, 6) is 0. The predicted molar refractivity (Wildman–Crippen MR) is 38.1 cm³/mol. The molecule has 0 fully saturated rings. The smallest absolute Gasteiger partial charge is 1.00 e. The standard InChI is InChI=1S/C6H4ClNO2.FH.K/c7-5-3-1-2-4-6(5)8(9)10;;/h1-4H;1H;/q;;+1/p-1. The van der Waals surface area contributed by atoms with Gasteiger partial charge in [0, 0.05) is 6.07 Å². The van der Waals surface area contributed by atoms with Gasteiger partial charge in [0.2, 0.25) is 0 Å². The van der Waals surface area contributed by atoms with Gasteiger partial charge in [-0.25, -0.2) is 0 Å². The molecule has 0 saturated heterocycles. The van der Waals surface area contributed by atoms with Crippen molar-refractivity contribution in [3.8, 4) is 0 Å². The zero-order valence-electron chi connectivity index (χ0n) is 6.33. The molecule has 60 valence electrons. The van der Waals surface area contributed by atoms with Crippen LogP contribution in [0.2, 0.25) is 5.02 Å². The van der Waals surface area contributed by atoms with Gasteiger partial charge in [-0.1, -0.05) is 23.7 Å². The van der Waals surface area contributed by atoms with E-state index < -0.39 is 4.92 Å². The summed E-state index contributed by atoms with van der Waals surface area (Å²) in [5.41, 5.74) is -0.0517. The van der Waals surface area contributed by atoms with Crippen molar-refractivity contribution in [2.75, 3.05) is 0 Å². The number of hydrogen-bond acceptors (Lipinski definition) is 2. The molecule has 0 bridgehead atoms. The Labute approximate surface area is 116 Å². The first-order valence-corrected chi connectivity index (χ1v) is 2.98. The topological polar surface area (TPSA) is 43.1 Å². The quantitative estimate of drug-likeness (QED) is 0.275. The van der Waals surface area contributed by atoms with E-state index in [-0.39, 0.29) is 66.8 Å². The maximum Gasteiger partial charge on any atom is 1.00 e. The van der Waals surface area contributed by atoms with Gasteiger partial charge in [-0.05, 0) is 6.07 Å². The molecule has 0 heterocycles. The first-order chi connectivity index (χ1) is 4.72. The van der Waals surface area contributed by atoms with E-state index in [1.54, 1.807) is 12.1 Å². The second-order valence-electron chi connectivity index (χ2n) is 1.71. The van der Waals surface area contributed by atoms with Crippen molar-refractivity contribution in [2.45, 2.75) is 0 Å². The van der Waals surface area contributed by atoms with E-state index in [1.165, 1.54) is 12.1 Å². The summed E-state index contributed by atoms with van der Waals surface area (Å²) in [4.78, 5) is 9.63. The molecule has 0 atom stereocenters. The van der Waals surface area contributed by atoms with E-state index >= 15 is 0 Å². The Balaban J connectivity index is 0. The summed E-state index contributed by atoms with van der Waals surface area (Å²) in [6, 6.07) is 6.07. The third kappa shape index (κ3) is 3.93. The molecule has 0 spiro atoms. The Hall–Kier alpha value is 0.476. The fourth-order valence-corrected chi connectivity index (χ4v) is 0.805. The predicted octanol–water partition coefficient (Wildman–Crippen LogP) is -3.74. The molecule has 1 aromatic rings. The molecule has 0 aliphatic carbocycles. The average Bonchev–Trinajstić information content (AvgIpc) is 1.88. The third-order valence-corrected chi connectivity index (χ3v) is 1.37. The average molecular weight is 216 g/mol. The SMILES string of the molecule is O=[N+]([O-])c1ccccc1Cl.[F-].[K+]. The van der Waals surface area contributed by atoms with Gasteiger partial charge in [0.1, 0.15) is 5.02 Å². The zero-order chi connectivity index (χ0) is 7.56. The fourth-order valence-electron chi connectivity index (χ4n) is 0.600. The van der Waals surface area contributed by atoms with Gasteiger partial charge in [-0.15, -0.1) is 0 Å². The molecule has 0 aliphatic heterocycles. The van der Waals surface area contributed by atoms with Crippen LogP contribution >= 0.6 is 11.6 Å². The molecule has 0 amide bonds. The van der Waals surface area contributed by atoms with Crippen molar-refractivity contribution in [1.29, 1.82) is 0 Å². The minimum atomic E-state index is -0.512. The molecule has 0 unspecified atom stereocenters. The maximum atomic E-state index is 10.1. The van der Waals surface area contributed by atoms with Crippen LogP contribution in [0, 0.1) is 10.1 Å². The second kappa shape index (κ2) is 6.94. The summed E-state index contributed by atoms with van der Waals surface area (Å²) in [6.07, 6.45) is 0. The van der Waals surface area contributed by atoms with Crippen LogP contribution in [0.3, 0.4) is 0 Å². The van der Waals surface area contributed by atoms with Gasteiger partial charge in [0.15, 0.2) is 0 Å². The van der Waals surface area contributed by atoms with E-state index in [2.05, 4.69) is 0 Å². The molecule has 6 heteroatoms. The Morgan fingerprint density at radius 2 is 1.83 bits per heavy atom. The van der Waals surface area contributed by atoms with E-state index in [9.17, 15) is 10.1 Å². The number of para-hydroxylation sites is 1. The van der Waals surface area contributed by atoms with E-state index in [0.717, 1.165) is 0 Å². The van der Waals surface area contributed by atoms with Gasteiger partial charge in [-0.2, -0.15) is 0 Å². The Morgan fingerprint density at radius 1 is 1.33 bits per heavy atom. The van der Waals surface area contributed by atoms with Crippen molar-refractivity contribution < 1.29 is 61.0 Å². The first kappa shape index (κ1) is 15.0. The molecule has 0 saturated carbocycles. The van der Waals surface area contributed by atoms with Gasteiger partial charge in [-0.3, -0.25) is 10.1 Å². The Bertz CT molecular complexity index is 271. The normalized spacial score (nSPS) is 7.75. The maximum absolute atomic E-state index is 10.1. The third-order valence-electron chi connectivity index (χ3n) is 1.05. The minimum absolute atomic E-state index is 0. The summed E-state index contributed by atoms with van der Waals surface area (Å²) in [5, 5.41) is 10.3. The summed E-state index contributed by atoms with van der Waals surface area (Å²) in [7, 11) is 0. The Morgan fingerprint density at radius 3 is 2.17 bits per heavy atom. The van der Waals surface area contributed by atoms with Crippen LogP contribution < -0.4 is 56.1 Å². The largest absolute Gasteiger partial charge is 1.00 e. The molecule has 12 heavy (non-hydrogen) atoms. The van der Waals surface area contributed by atoms with Crippen LogP contribution in [0.25, 0.3) is 0 Å². The fraction of sp³-hybridized carbons (Fsp3) is 0. The van der Waals surface area contributed by atoms with Crippen molar-refractivity contribution in [1.82, 2.24) is 0 Å². The molecule has 0 aliphatic rings. The van der Waals surface area contributed by atoms with Gasteiger partial charge < -0.3 is 4.70 Å².